The summed E-state index contributed by atoms with van der Waals surface area (Å²) in [6.07, 6.45) is 0.692. The maximum atomic E-state index is 12.9. The number of hydrogen-bond donors (Lipinski definition) is 0. The molecule has 1 nitrogen and oxygen atoms in total. The lowest BCUT2D eigenvalue weighted by atomic mass is 10.0. The first kappa shape index (κ1) is 15.7. The molecule has 0 N–H and O–H groups in total. The summed E-state index contributed by atoms with van der Waals surface area (Å²) in [5.74, 6) is 5.75. The lowest BCUT2D eigenvalue weighted by Crippen LogP contribution is -2.01. The molecule has 0 fully saturated rings. The van der Waals surface area contributed by atoms with Crippen molar-refractivity contribution in [1.82, 2.24) is 0 Å². The van der Waals surface area contributed by atoms with E-state index in [1.807, 2.05) is 42.5 Å². The molecule has 116 valence electrons. The molecular formula is C22H15FO. The fourth-order valence-electron chi connectivity index (χ4n) is 2.32. The number of rotatable bonds is 3. The molecule has 0 aliphatic carbocycles. The van der Waals surface area contributed by atoms with Crippen molar-refractivity contribution in [2.45, 2.75) is 6.42 Å². The molecule has 0 aliphatic rings. The van der Waals surface area contributed by atoms with Crippen LogP contribution in [0.1, 0.15) is 27.0 Å². The van der Waals surface area contributed by atoms with Crippen molar-refractivity contribution >= 4 is 5.78 Å². The summed E-state index contributed by atoms with van der Waals surface area (Å²) >= 11 is 0. The second-order valence-electron chi connectivity index (χ2n) is 5.38. The van der Waals surface area contributed by atoms with Crippen LogP contribution in [-0.4, -0.2) is 5.78 Å². The monoisotopic (exact) mass is 314 g/mol. The molecule has 0 spiro atoms. The predicted molar refractivity (Wildman–Crippen MR) is 93.3 cm³/mol. The van der Waals surface area contributed by atoms with Crippen LogP contribution >= 0.6 is 0 Å². The zero-order valence-corrected chi connectivity index (χ0v) is 13.0. The fourth-order valence-corrected chi connectivity index (χ4v) is 2.32. The van der Waals surface area contributed by atoms with Crippen LogP contribution in [0.15, 0.2) is 78.9 Å². The highest BCUT2D eigenvalue weighted by Crippen LogP contribution is 2.12. The third-order valence-corrected chi connectivity index (χ3v) is 3.62. The van der Waals surface area contributed by atoms with Gasteiger partial charge in [0, 0.05) is 23.1 Å². The molecule has 3 aromatic rings. The molecule has 0 aliphatic heterocycles. The molecule has 0 radical (unpaired) electrons. The third-order valence-electron chi connectivity index (χ3n) is 3.62. The Balaban J connectivity index is 1.69. The number of ketones is 1. The Kier molecular flexibility index (Phi) is 4.84. The van der Waals surface area contributed by atoms with Gasteiger partial charge in [-0.2, -0.15) is 0 Å². The summed E-state index contributed by atoms with van der Waals surface area (Å²) in [6, 6.07) is 22.8. The summed E-state index contributed by atoms with van der Waals surface area (Å²) in [5, 5.41) is 0. The highest BCUT2D eigenvalue weighted by molar-refractivity contribution is 6.08. The first-order valence-corrected chi connectivity index (χ1v) is 7.65. The van der Waals surface area contributed by atoms with Crippen LogP contribution < -0.4 is 0 Å². The Bertz CT molecular complexity index is 883. The molecule has 3 aromatic carbocycles. The van der Waals surface area contributed by atoms with E-state index in [-0.39, 0.29) is 11.6 Å². The van der Waals surface area contributed by atoms with E-state index < -0.39 is 0 Å². The summed E-state index contributed by atoms with van der Waals surface area (Å²) in [7, 11) is 0. The van der Waals surface area contributed by atoms with E-state index in [0.29, 0.717) is 17.5 Å². The smallest absolute Gasteiger partial charge is 0.193 e. The van der Waals surface area contributed by atoms with Gasteiger partial charge in [-0.3, -0.25) is 4.79 Å². The van der Waals surface area contributed by atoms with E-state index in [9.17, 15) is 9.18 Å². The van der Waals surface area contributed by atoms with Gasteiger partial charge in [0.1, 0.15) is 5.82 Å². The predicted octanol–water partition coefficient (Wildman–Crippen LogP) is 4.65. The van der Waals surface area contributed by atoms with E-state index in [1.54, 1.807) is 12.1 Å². The van der Waals surface area contributed by atoms with Crippen molar-refractivity contribution in [3.63, 3.8) is 0 Å². The van der Waals surface area contributed by atoms with Gasteiger partial charge in [-0.25, -0.2) is 4.39 Å². The standard InChI is InChI=1S/C22H15FO/c23-21-15-13-20(14-16-21)22(24)19-11-9-18(10-12-19)8-4-7-17-5-2-1-3-6-17/h1-3,5-6,9-16H,7H2. The molecule has 0 unspecified atom stereocenters. The highest BCUT2D eigenvalue weighted by Gasteiger charge is 2.08. The maximum Gasteiger partial charge on any atom is 0.193 e. The minimum absolute atomic E-state index is 0.126. The molecule has 0 amide bonds. The van der Waals surface area contributed by atoms with Crippen LogP contribution in [0.5, 0.6) is 0 Å². The SMILES string of the molecule is O=C(c1ccc(F)cc1)c1ccc(C#CCc2ccccc2)cc1. The van der Waals surface area contributed by atoms with Crippen molar-refractivity contribution in [2.24, 2.45) is 0 Å². The van der Waals surface area contributed by atoms with Gasteiger partial charge in [0.05, 0.1) is 0 Å². The normalized spacial score (nSPS) is 9.88. The Hall–Kier alpha value is -3.18. The van der Waals surface area contributed by atoms with Crippen molar-refractivity contribution in [2.75, 3.05) is 0 Å². The van der Waals surface area contributed by atoms with Gasteiger partial charge in [-0.05, 0) is 54.1 Å². The fraction of sp³-hybridized carbons (Fsp3) is 0.0455. The molecule has 0 atom stereocenters. The quantitative estimate of drug-likeness (QED) is 0.508. The number of benzene rings is 3. The van der Waals surface area contributed by atoms with Gasteiger partial charge in [0.15, 0.2) is 5.78 Å². The Morgan fingerprint density at radius 1 is 0.792 bits per heavy atom. The minimum atomic E-state index is -0.351. The number of hydrogen-bond acceptors (Lipinski definition) is 1. The maximum absolute atomic E-state index is 12.9. The summed E-state index contributed by atoms with van der Waals surface area (Å²) in [6.45, 7) is 0. The summed E-state index contributed by atoms with van der Waals surface area (Å²) < 4.78 is 12.9. The van der Waals surface area contributed by atoms with Gasteiger partial charge >= 0.3 is 0 Å². The van der Waals surface area contributed by atoms with Gasteiger partial charge in [0.2, 0.25) is 0 Å². The van der Waals surface area contributed by atoms with E-state index in [0.717, 1.165) is 5.56 Å². The number of carbonyl (C=O) groups excluding carboxylic acids is 1. The second kappa shape index (κ2) is 7.39. The average molecular weight is 314 g/mol. The summed E-state index contributed by atoms with van der Waals surface area (Å²) in [5.41, 5.74) is 3.07. The molecule has 0 saturated heterocycles. The van der Waals surface area contributed by atoms with Crippen LogP contribution in [0.3, 0.4) is 0 Å². The van der Waals surface area contributed by atoms with E-state index >= 15 is 0 Å². The van der Waals surface area contributed by atoms with Crippen molar-refractivity contribution < 1.29 is 9.18 Å². The molecule has 0 heterocycles. The van der Waals surface area contributed by atoms with Crippen LogP contribution in [-0.2, 0) is 6.42 Å². The van der Waals surface area contributed by atoms with Crippen LogP contribution in [0.2, 0.25) is 0 Å². The van der Waals surface area contributed by atoms with E-state index in [1.165, 1.54) is 29.8 Å². The van der Waals surface area contributed by atoms with Gasteiger partial charge in [-0.1, -0.05) is 42.2 Å². The number of carbonyl (C=O) groups is 1. The topological polar surface area (TPSA) is 17.1 Å². The van der Waals surface area contributed by atoms with E-state index in [2.05, 4.69) is 11.8 Å². The third kappa shape index (κ3) is 3.97. The minimum Gasteiger partial charge on any atom is -0.289 e. The molecule has 2 heteroatoms. The largest absolute Gasteiger partial charge is 0.289 e. The zero-order chi connectivity index (χ0) is 16.8. The molecule has 0 bridgehead atoms. The molecule has 0 saturated carbocycles. The van der Waals surface area contributed by atoms with Crippen molar-refractivity contribution in [3.8, 4) is 11.8 Å². The van der Waals surface area contributed by atoms with Crippen LogP contribution in [0.4, 0.5) is 4.39 Å². The Morgan fingerprint density at radius 3 is 2.00 bits per heavy atom. The molecule has 24 heavy (non-hydrogen) atoms. The lowest BCUT2D eigenvalue weighted by Gasteiger charge is -2.01. The first-order chi connectivity index (χ1) is 11.7. The average Bonchev–Trinajstić information content (AvgIpc) is 2.63. The van der Waals surface area contributed by atoms with Crippen molar-refractivity contribution in [1.29, 1.82) is 0 Å². The highest BCUT2D eigenvalue weighted by atomic mass is 19.1. The van der Waals surface area contributed by atoms with E-state index in [4.69, 9.17) is 0 Å². The van der Waals surface area contributed by atoms with Gasteiger partial charge in [0.25, 0.3) is 0 Å². The Morgan fingerprint density at radius 2 is 1.38 bits per heavy atom. The molecule has 3 rings (SSSR count). The second-order valence-corrected chi connectivity index (χ2v) is 5.38. The molecule has 0 aromatic heterocycles. The zero-order valence-electron chi connectivity index (χ0n) is 13.0. The van der Waals surface area contributed by atoms with Gasteiger partial charge in [-0.15, -0.1) is 0 Å². The van der Waals surface area contributed by atoms with Crippen LogP contribution in [0, 0.1) is 17.7 Å². The Labute approximate surface area is 140 Å². The number of halogens is 1. The lowest BCUT2D eigenvalue weighted by molar-refractivity contribution is 0.103. The van der Waals surface area contributed by atoms with Crippen molar-refractivity contribution in [3.05, 3.63) is 107 Å². The summed E-state index contributed by atoms with van der Waals surface area (Å²) in [4.78, 5) is 12.3. The molecular weight excluding hydrogens is 299 g/mol. The van der Waals surface area contributed by atoms with Crippen LogP contribution in [0.25, 0.3) is 0 Å². The van der Waals surface area contributed by atoms with Gasteiger partial charge < -0.3 is 0 Å². The first-order valence-electron chi connectivity index (χ1n) is 7.65.